The van der Waals surface area contributed by atoms with Crippen molar-refractivity contribution in [2.45, 2.75) is 77.4 Å². The molecule has 0 bridgehead atoms. The minimum atomic E-state index is -0.774. The van der Waals surface area contributed by atoms with Crippen molar-refractivity contribution in [3.63, 3.8) is 0 Å². The van der Waals surface area contributed by atoms with Crippen molar-refractivity contribution in [2.24, 2.45) is 0 Å². The van der Waals surface area contributed by atoms with E-state index in [4.69, 9.17) is 9.47 Å². The third kappa shape index (κ3) is 8.56. The number of hydrogen-bond acceptors (Lipinski definition) is 4. The summed E-state index contributed by atoms with van der Waals surface area (Å²) in [4.78, 5) is 29.3. The molecule has 0 spiro atoms. The average molecular weight is 561 g/mol. The standard InChI is InChI=1S/C34H41FN2O4/c1-3-40-31-20-18-26(23-32(31)41-4-2)19-21-33(38)37(24-27-14-8-11-17-29(27)35)30(22-25-12-6-5-7-13-25)34(39)36-28-15-9-10-16-28/h5-8,11-14,17-18,20,23,28,30H,3-4,9-10,15-16,19,21-22,24H2,1-2H3,(H,36,39). The Morgan fingerprint density at radius 3 is 2.29 bits per heavy atom. The minimum Gasteiger partial charge on any atom is -0.490 e. The number of ether oxygens (including phenoxy) is 2. The van der Waals surface area contributed by atoms with Gasteiger partial charge < -0.3 is 19.7 Å². The highest BCUT2D eigenvalue weighted by Gasteiger charge is 2.32. The van der Waals surface area contributed by atoms with Crippen LogP contribution in [0.3, 0.4) is 0 Å². The van der Waals surface area contributed by atoms with Gasteiger partial charge in [-0.15, -0.1) is 0 Å². The Labute approximate surface area is 242 Å². The monoisotopic (exact) mass is 560 g/mol. The van der Waals surface area contributed by atoms with Gasteiger partial charge >= 0.3 is 0 Å². The molecule has 0 aromatic heterocycles. The maximum Gasteiger partial charge on any atom is 0.243 e. The van der Waals surface area contributed by atoms with E-state index in [-0.39, 0.29) is 30.8 Å². The predicted octanol–water partition coefficient (Wildman–Crippen LogP) is 6.25. The lowest BCUT2D eigenvalue weighted by Crippen LogP contribution is -2.52. The maximum atomic E-state index is 14.8. The number of carbonyl (C=O) groups excluding carboxylic acids is 2. The zero-order chi connectivity index (χ0) is 29.0. The van der Waals surface area contributed by atoms with Crippen molar-refractivity contribution in [3.05, 3.63) is 95.3 Å². The largest absolute Gasteiger partial charge is 0.490 e. The Morgan fingerprint density at radius 1 is 0.902 bits per heavy atom. The van der Waals surface area contributed by atoms with Crippen molar-refractivity contribution in [1.82, 2.24) is 10.2 Å². The molecule has 1 aliphatic carbocycles. The van der Waals surface area contributed by atoms with E-state index in [0.29, 0.717) is 43.1 Å². The van der Waals surface area contributed by atoms with E-state index in [9.17, 15) is 14.0 Å². The van der Waals surface area contributed by atoms with Crippen LogP contribution < -0.4 is 14.8 Å². The molecule has 0 saturated heterocycles. The molecule has 218 valence electrons. The molecule has 7 heteroatoms. The molecule has 1 N–H and O–H groups in total. The smallest absolute Gasteiger partial charge is 0.243 e. The first-order valence-electron chi connectivity index (χ1n) is 14.7. The van der Waals surface area contributed by atoms with E-state index in [1.54, 1.807) is 23.1 Å². The SMILES string of the molecule is CCOc1ccc(CCC(=O)N(Cc2ccccc2F)C(Cc2ccccc2)C(=O)NC2CCCC2)cc1OCC. The van der Waals surface area contributed by atoms with E-state index in [1.807, 2.05) is 62.4 Å². The number of amides is 2. The van der Waals surface area contributed by atoms with Crippen molar-refractivity contribution in [1.29, 1.82) is 0 Å². The molecule has 4 rings (SSSR count). The van der Waals surface area contributed by atoms with Crippen LogP contribution in [0, 0.1) is 5.82 Å². The van der Waals surface area contributed by atoms with E-state index < -0.39 is 11.9 Å². The maximum absolute atomic E-state index is 14.8. The van der Waals surface area contributed by atoms with Gasteiger partial charge in [0.25, 0.3) is 0 Å². The molecule has 3 aromatic rings. The summed E-state index contributed by atoms with van der Waals surface area (Å²) in [5.41, 5.74) is 2.25. The molecule has 41 heavy (non-hydrogen) atoms. The van der Waals surface area contributed by atoms with Crippen molar-refractivity contribution in [3.8, 4) is 11.5 Å². The lowest BCUT2D eigenvalue weighted by molar-refractivity contribution is -0.141. The summed E-state index contributed by atoms with van der Waals surface area (Å²) in [6.07, 6.45) is 4.99. The second kappa shape index (κ2) is 15.2. The zero-order valence-electron chi connectivity index (χ0n) is 24.1. The summed E-state index contributed by atoms with van der Waals surface area (Å²) in [6, 6.07) is 21.1. The number of benzene rings is 3. The number of nitrogens with one attached hydrogen (secondary N) is 1. The molecule has 1 aliphatic rings. The van der Waals surface area contributed by atoms with E-state index >= 15 is 0 Å². The molecule has 2 amide bonds. The van der Waals surface area contributed by atoms with Crippen LogP contribution in [0.15, 0.2) is 72.8 Å². The minimum absolute atomic E-state index is 0.00850. The van der Waals surface area contributed by atoms with Crippen LogP contribution in [-0.4, -0.2) is 42.0 Å². The highest BCUT2D eigenvalue weighted by molar-refractivity contribution is 5.88. The first-order valence-corrected chi connectivity index (χ1v) is 14.7. The van der Waals surface area contributed by atoms with Crippen LogP contribution in [0.4, 0.5) is 4.39 Å². The average Bonchev–Trinajstić information content (AvgIpc) is 3.49. The first kappa shape index (κ1) is 30.1. The highest BCUT2D eigenvalue weighted by Crippen LogP contribution is 2.29. The molecule has 1 unspecified atom stereocenters. The topological polar surface area (TPSA) is 67.9 Å². The fourth-order valence-corrected chi connectivity index (χ4v) is 5.38. The van der Waals surface area contributed by atoms with Crippen LogP contribution in [-0.2, 0) is 29.0 Å². The highest BCUT2D eigenvalue weighted by atomic mass is 19.1. The van der Waals surface area contributed by atoms with Crippen LogP contribution in [0.25, 0.3) is 0 Å². The second-order valence-electron chi connectivity index (χ2n) is 10.5. The summed E-state index contributed by atoms with van der Waals surface area (Å²) in [7, 11) is 0. The Kier molecular flexibility index (Phi) is 11.2. The molecule has 1 saturated carbocycles. The number of halogens is 1. The quantitative estimate of drug-likeness (QED) is 0.253. The summed E-state index contributed by atoms with van der Waals surface area (Å²) < 4.78 is 26.3. The van der Waals surface area contributed by atoms with Gasteiger partial charge in [-0.25, -0.2) is 4.39 Å². The Hall–Kier alpha value is -3.87. The summed E-state index contributed by atoms with van der Waals surface area (Å²) in [6.45, 7) is 4.86. The number of carbonyl (C=O) groups is 2. The van der Waals surface area contributed by atoms with Gasteiger partial charge in [-0.2, -0.15) is 0 Å². The number of rotatable bonds is 14. The van der Waals surface area contributed by atoms with Gasteiger partial charge in [-0.1, -0.05) is 67.4 Å². The van der Waals surface area contributed by atoms with Crippen molar-refractivity contribution in [2.75, 3.05) is 13.2 Å². The van der Waals surface area contributed by atoms with Gasteiger partial charge in [0.2, 0.25) is 11.8 Å². The Balaban J connectivity index is 1.60. The van der Waals surface area contributed by atoms with Crippen LogP contribution in [0.1, 0.15) is 62.6 Å². The molecule has 0 aliphatic heterocycles. The molecule has 1 atom stereocenters. The molecule has 0 heterocycles. The number of aryl methyl sites for hydroxylation is 1. The van der Waals surface area contributed by atoms with Crippen molar-refractivity contribution < 1.29 is 23.5 Å². The lowest BCUT2D eigenvalue weighted by Gasteiger charge is -2.32. The summed E-state index contributed by atoms with van der Waals surface area (Å²) >= 11 is 0. The molecule has 3 aromatic carbocycles. The number of nitrogens with zero attached hydrogens (tertiary/aromatic N) is 1. The van der Waals surface area contributed by atoms with Crippen LogP contribution in [0.2, 0.25) is 0 Å². The third-order valence-corrected chi connectivity index (χ3v) is 7.51. The van der Waals surface area contributed by atoms with E-state index in [2.05, 4.69) is 5.32 Å². The van der Waals surface area contributed by atoms with Crippen LogP contribution in [0.5, 0.6) is 11.5 Å². The van der Waals surface area contributed by atoms with Gasteiger partial charge in [0.1, 0.15) is 11.9 Å². The molecular formula is C34H41FN2O4. The Bertz CT molecular complexity index is 1280. The van der Waals surface area contributed by atoms with Gasteiger partial charge in [0.15, 0.2) is 11.5 Å². The molecule has 0 radical (unpaired) electrons. The first-order chi connectivity index (χ1) is 20.0. The molecule has 1 fully saturated rings. The fraction of sp³-hybridized carbons (Fsp3) is 0.412. The van der Waals surface area contributed by atoms with Gasteiger partial charge in [-0.05, 0) is 62.4 Å². The van der Waals surface area contributed by atoms with Gasteiger partial charge in [-0.3, -0.25) is 9.59 Å². The summed E-state index contributed by atoms with van der Waals surface area (Å²) in [5, 5.41) is 3.19. The second-order valence-corrected chi connectivity index (χ2v) is 10.5. The van der Waals surface area contributed by atoms with Crippen molar-refractivity contribution >= 4 is 11.8 Å². The fourth-order valence-electron chi connectivity index (χ4n) is 5.38. The number of hydrogen-bond donors (Lipinski definition) is 1. The lowest BCUT2D eigenvalue weighted by atomic mass is 10.0. The zero-order valence-corrected chi connectivity index (χ0v) is 24.1. The normalized spacial score (nSPS) is 13.9. The predicted molar refractivity (Wildman–Crippen MR) is 158 cm³/mol. The molecular weight excluding hydrogens is 519 g/mol. The third-order valence-electron chi connectivity index (χ3n) is 7.51. The summed E-state index contributed by atoms with van der Waals surface area (Å²) in [5.74, 6) is 0.512. The van der Waals surface area contributed by atoms with Gasteiger partial charge in [0, 0.05) is 31.0 Å². The van der Waals surface area contributed by atoms with E-state index in [1.165, 1.54) is 6.07 Å². The van der Waals surface area contributed by atoms with Gasteiger partial charge in [0.05, 0.1) is 13.2 Å². The molecule has 6 nitrogen and oxygen atoms in total. The van der Waals surface area contributed by atoms with Crippen LogP contribution >= 0.6 is 0 Å². The Morgan fingerprint density at radius 2 is 1.59 bits per heavy atom. The van der Waals surface area contributed by atoms with E-state index in [0.717, 1.165) is 36.8 Å².